The molecule has 0 unspecified atom stereocenters. The number of fused-ring (bicyclic) bond motifs is 3. The van der Waals surface area contributed by atoms with Crippen LogP contribution in [0.5, 0.6) is 0 Å². The van der Waals surface area contributed by atoms with Crippen molar-refractivity contribution in [2.75, 3.05) is 6.61 Å². The first-order valence-corrected chi connectivity index (χ1v) is 8.10. The highest BCUT2D eigenvalue weighted by Gasteiger charge is 2.23. The number of para-hydroxylation sites is 1. The van der Waals surface area contributed by atoms with E-state index in [4.69, 9.17) is 4.74 Å². The van der Waals surface area contributed by atoms with E-state index in [9.17, 15) is 9.59 Å². The lowest BCUT2D eigenvalue weighted by atomic mass is 9.99. The molecule has 4 aromatic rings. The molecule has 0 fully saturated rings. The van der Waals surface area contributed by atoms with Crippen LogP contribution in [-0.4, -0.2) is 22.5 Å². The van der Waals surface area contributed by atoms with E-state index in [1.807, 2.05) is 54.6 Å². The van der Waals surface area contributed by atoms with Crippen molar-refractivity contribution in [2.24, 2.45) is 0 Å². The lowest BCUT2D eigenvalue weighted by molar-refractivity contribution is 0.0525. The van der Waals surface area contributed by atoms with Crippen molar-refractivity contribution in [3.05, 3.63) is 70.5 Å². The predicted molar refractivity (Wildman–Crippen MR) is 97.8 cm³/mol. The van der Waals surface area contributed by atoms with Gasteiger partial charge in [0.1, 0.15) is 5.56 Å². The molecule has 25 heavy (non-hydrogen) atoms. The van der Waals surface area contributed by atoms with Gasteiger partial charge in [0.05, 0.1) is 17.6 Å². The van der Waals surface area contributed by atoms with E-state index in [2.05, 4.69) is 9.97 Å². The largest absolute Gasteiger partial charge is 0.462 e. The molecule has 0 saturated heterocycles. The van der Waals surface area contributed by atoms with Crippen LogP contribution >= 0.6 is 0 Å². The van der Waals surface area contributed by atoms with Crippen molar-refractivity contribution in [3.63, 3.8) is 0 Å². The van der Waals surface area contributed by atoms with Gasteiger partial charge in [-0.3, -0.25) is 4.79 Å². The van der Waals surface area contributed by atoms with Gasteiger partial charge in [-0.1, -0.05) is 48.5 Å². The standard InChI is InChI=1S/C20H16N2O3/c1-2-25-20(24)16-15(12-8-4-3-5-9-12)18-17(22-19(16)23)13-10-6-7-11-14(13)21-18/h3-11,21H,2H2,1H3,(H,22,23). The number of nitrogens with one attached hydrogen (secondary N) is 2. The van der Waals surface area contributed by atoms with E-state index < -0.39 is 11.5 Å². The third kappa shape index (κ3) is 2.41. The van der Waals surface area contributed by atoms with Crippen molar-refractivity contribution >= 4 is 27.9 Å². The fourth-order valence-electron chi connectivity index (χ4n) is 3.17. The summed E-state index contributed by atoms with van der Waals surface area (Å²) in [5.41, 5.74) is 3.22. The van der Waals surface area contributed by atoms with Gasteiger partial charge in [0.2, 0.25) is 0 Å². The Kier molecular flexibility index (Phi) is 3.61. The van der Waals surface area contributed by atoms with Crippen LogP contribution in [0.1, 0.15) is 17.3 Å². The van der Waals surface area contributed by atoms with Gasteiger partial charge in [-0.05, 0) is 18.6 Å². The summed E-state index contributed by atoms with van der Waals surface area (Å²) in [6.07, 6.45) is 0. The Bertz CT molecular complexity index is 1140. The van der Waals surface area contributed by atoms with Crippen LogP contribution in [-0.2, 0) is 4.74 Å². The topological polar surface area (TPSA) is 75.0 Å². The molecule has 4 rings (SSSR count). The molecule has 0 amide bonds. The first-order chi connectivity index (χ1) is 12.2. The summed E-state index contributed by atoms with van der Waals surface area (Å²) in [6, 6.07) is 17.1. The van der Waals surface area contributed by atoms with Crippen molar-refractivity contribution in [2.45, 2.75) is 6.92 Å². The van der Waals surface area contributed by atoms with Crippen LogP contribution in [0.2, 0.25) is 0 Å². The third-order valence-electron chi connectivity index (χ3n) is 4.21. The van der Waals surface area contributed by atoms with Crippen LogP contribution in [0.25, 0.3) is 33.1 Å². The number of hydrogen-bond acceptors (Lipinski definition) is 3. The molecule has 0 aliphatic rings. The van der Waals surface area contributed by atoms with Gasteiger partial charge >= 0.3 is 5.97 Å². The summed E-state index contributed by atoms with van der Waals surface area (Å²) < 4.78 is 5.12. The smallest absolute Gasteiger partial charge is 0.344 e. The monoisotopic (exact) mass is 332 g/mol. The zero-order valence-electron chi connectivity index (χ0n) is 13.6. The van der Waals surface area contributed by atoms with E-state index in [1.54, 1.807) is 6.92 Å². The lowest BCUT2D eigenvalue weighted by Crippen LogP contribution is -2.21. The third-order valence-corrected chi connectivity index (χ3v) is 4.21. The normalized spacial score (nSPS) is 11.1. The molecule has 0 aliphatic heterocycles. The van der Waals surface area contributed by atoms with Crippen LogP contribution in [0.3, 0.4) is 0 Å². The number of H-pyrrole nitrogens is 2. The molecule has 2 heterocycles. The fraction of sp³-hybridized carbons (Fsp3) is 0.100. The van der Waals surface area contributed by atoms with Crippen molar-refractivity contribution in [1.82, 2.24) is 9.97 Å². The van der Waals surface area contributed by atoms with Crippen molar-refractivity contribution < 1.29 is 9.53 Å². The minimum absolute atomic E-state index is 0.0205. The maximum Gasteiger partial charge on any atom is 0.344 e. The molecule has 2 N–H and O–H groups in total. The molecule has 0 atom stereocenters. The number of benzene rings is 2. The molecule has 5 heteroatoms. The molecule has 0 radical (unpaired) electrons. The van der Waals surface area contributed by atoms with Gasteiger partial charge in [-0.15, -0.1) is 0 Å². The SMILES string of the molecule is CCOC(=O)c1c(-c2ccccc2)c2[nH]c3ccccc3c2[nH]c1=O. The second-order valence-corrected chi connectivity index (χ2v) is 5.71. The van der Waals surface area contributed by atoms with Gasteiger partial charge < -0.3 is 14.7 Å². The van der Waals surface area contributed by atoms with E-state index in [0.717, 1.165) is 22.0 Å². The Morgan fingerprint density at radius 3 is 2.44 bits per heavy atom. The Hall–Kier alpha value is -3.34. The molecule has 0 aliphatic carbocycles. The second kappa shape index (κ2) is 5.94. The summed E-state index contributed by atoms with van der Waals surface area (Å²) in [4.78, 5) is 31.4. The Morgan fingerprint density at radius 2 is 1.68 bits per heavy atom. The molecule has 2 aromatic carbocycles. The predicted octanol–water partition coefficient (Wildman–Crippen LogP) is 3.85. The molecular formula is C20H16N2O3. The molecule has 0 saturated carbocycles. The second-order valence-electron chi connectivity index (χ2n) is 5.71. The van der Waals surface area contributed by atoms with Gasteiger partial charge in [-0.2, -0.15) is 0 Å². The number of hydrogen-bond donors (Lipinski definition) is 2. The maximum atomic E-state index is 12.7. The molecule has 124 valence electrons. The molecule has 0 bridgehead atoms. The number of aromatic nitrogens is 2. The Labute approximate surface area is 143 Å². The highest BCUT2D eigenvalue weighted by molar-refractivity contribution is 6.13. The van der Waals surface area contributed by atoms with Crippen molar-refractivity contribution in [1.29, 1.82) is 0 Å². The number of rotatable bonds is 3. The minimum atomic E-state index is -0.622. The lowest BCUT2D eigenvalue weighted by Gasteiger charge is -2.10. The van der Waals surface area contributed by atoms with Gasteiger partial charge in [0.25, 0.3) is 5.56 Å². The average Bonchev–Trinajstić information content (AvgIpc) is 2.99. The summed E-state index contributed by atoms with van der Waals surface area (Å²) >= 11 is 0. The highest BCUT2D eigenvalue weighted by Crippen LogP contribution is 2.33. The van der Waals surface area contributed by atoms with E-state index in [1.165, 1.54) is 0 Å². The Balaban J connectivity index is 2.17. The fourth-order valence-corrected chi connectivity index (χ4v) is 3.17. The van der Waals surface area contributed by atoms with E-state index in [-0.39, 0.29) is 12.2 Å². The minimum Gasteiger partial charge on any atom is -0.462 e. The zero-order chi connectivity index (χ0) is 17.4. The van der Waals surface area contributed by atoms with Gasteiger partial charge in [0.15, 0.2) is 0 Å². The summed E-state index contributed by atoms with van der Waals surface area (Å²) in [5, 5.41) is 0.905. The zero-order valence-corrected chi connectivity index (χ0v) is 13.6. The average molecular weight is 332 g/mol. The van der Waals surface area contributed by atoms with Crippen LogP contribution in [0, 0.1) is 0 Å². The van der Waals surface area contributed by atoms with Crippen LogP contribution < -0.4 is 5.56 Å². The van der Waals surface area contributed by atoms with Crippen LogP contribution in [0.4, 0.5) is 0 Å². The first-order valence-electron chi connectivity index (χ1n) is 8.10. The highest BCUT2D eigenvalue weighted by atomic mass is 16.5. The summed E-state index contributed by atoms with van der Waals surface area (Å²) in [5.74, 6) is -0.622. The number of carbonyl (C=O) groups excluding carboxylic acids is 1. The van der Waals surface area contributed by atoms with E-state index >= 15 is 0 Å². The number of carbonyl (C=O) groups is 1. The molecule has 2 aromatic heterocycles. The van der Waals surface area contributed by atoms with Gasteiger partial charge in [0, 0.05) is 16.5 Å². The van der Waals surface area contributed by atoms with Crippen molar-refractivity contribution in [3.8, 4) is 11.1 Å². The number of aromatic amines is 2. The number of esters is 1. The molecular weight excluding hydrogens is 316 g/mol. The molecule has 0 spiro atoms. The quantitative estimate of drug-likeness (QED) is 0.560. The summed E-state index contributed by atoms with van der Waals surface area (Å²) in [7, 11) is 0. The summed E-state index contributed by atoms with van der Waals surface area (Å²) in [6.45, 7) is 1.92. The first kappa shape index (κ1) is 15.2. The maximum absolute atomic E-state index is 12.7. The number of ether oxygens (including phenoxy) is 1. The van der Waals surface area contributed by atoms with E-state index in [0.29, 0.717) is 11.1 Å². The number of pyridine rings is 1. The Morgan fingerprint density at radius 1 is 0.960 bits per heavy atom. The van der Waals surface area contributed by atoms with Crippen LogP contribution in [0.15, 0.2) is 59.4 Å². The van der Waals surface area contributed by atoms with Gasteiger partial charge in [-0.25, -0.2) is 4.79 Å². The molecule has 5 nitrogen and oxygen atoms in total.